The van der Waals surface area contributed by atoms with Gasteiger partial charge in [-0.25, -0.2) is 14.2 Å². The van der Waals surface area contributed by atoms with Gasteiger partial charge in [0.25, 0.3) is 0 Å². The van der Waals surface area contributed by atoms with E-state index in [-0.39, 0.29) is 30.6 Å². The SMILES string of the molecule is O=C(N1CCC(N2C[C@H](c3ccc(F)cc3)[C@H]2c2ccc3c(c2)OCO3)CC1)n1cncn1. The normalized spacial score (nSPS) is 22.9. The Morgan fingerprint density at radius 2 is 1.76 bits per heavy atom. The molecule has 3 aliphatic heterocycles. The molecule has 3 aliphatic rings. The Bertz CT molecular complexity index is 1150. The van der Waals surface area contributed by atoms with Crippen molar-refractivity contribution in [2.24, 2.45) is 0 Å². The van der Waals surface area contributed by atoms with Crippen LogP contribution in [-0.4, -0.2) is 63.1 Å². The molecule has 0 saturated carbocycles. The van der Waals surface area contributed by atoms with Gasteiger partial charge in [-0.05, 0) is 48.2 Å². The second-order valence-electron chi connectivity index (χ2n) is 8.75. The molecule has 8 nitrogen and oxygen atoms in total. The molecule has 2 atom stereocenters. The molecule has 2 saturated heterocycles. The van der Waals surface area contributed by atoms with Crippen LogP contribution in [0.15, 0.2) is 55.1 Å². The second-order valence-corrected chi connectivity index (χ2v) is 8.75. The summed E-state index contributed by atoms with van der Waals surface area (Å²) in [5.74, 6) is 1.58. The summed E-state index contributed by atoms with van der Waals surface area (Å²) >= 11 is 0. The summed E-state index contributed by atoms with van der Waals surface area (Å²) in [6, 6.07) is 13.4. The highest BCUT2D eigenvalue weighted by atomic mass is 19.1. The number of hydrogen-bond donors (Lipinski definition) is 0. The molecule has 0 spiro atoms. The standard InChI is InChI=1S/C24H24FN5O3/c25-18-4-1-16(2-5-18)20-12-29(23(20)17-3-6-21-22(11-17)33-15-32-21)19-7-9-28(10-8-19)24(31)30-14-26-13-27-30/h1-6,11,13-14,19-20,23H,7-10,12,15H2/t20-,23-/m1/s1. The van der Waals surface area contributed by atoms with Gasteiger partial charge in [0, 0.05) is 37.6 Å². The number of rotatable bonds is 3. The van der Waals surface area contributed by atoms with E-state index in [2.05, 4.69) is 27.1 Å². The smallest absolute Gasteiger partial charge is 0.346 e. The molecular formula is C24H24FN5O3. The van der Waals surface area contributed by atoms with Gasteiger partial charge in [0.1, 0.15) is 18.5 Å². The lowest BCUT2D eigenvalue weighted by Gasteiger charge is -2.54. The average molecular weight is 449 g/mol. The first-order valence-corrected chi connectivity index (χ1v) is 11.2. The first kappa shape index (κ1) is 20.2. The van der Waals surface area contributed by atoms with Gasteiger partial charge in [-0.3, -0.25) is 4.90 Å². The summed E-state index contributed by atoms with van der Waals surface area (Å²) in [4.78, 5) is 20.8. The van der Waals surface area contributed by atoms with E-state index in [4.69, 9.17) is 9.47 Å². The molecule has 0 radical (unpaired) electrons. The van der Waals surface area contributed by atoms with Crippen LogP contribution in [0.5, 0.6) is 11.5 Å². The van der Waals surface area contributed by atoms with Crippen molar-refractivity contribution in [3.63, 3.8) is 0 Å². The summed E-state index contributed by atoms with van der Waals surface area (Å²) < 4.78 is 25.9. The predicted octanol–water partition coefficient (Wildman–Crippen LogP) is 3.42. The minimum atomic E-state index is -0.223. The molecule has 2 aromatic carbocycles. The van der Waals surface area contributed by atoms with E-state index >= 15 is 0 Å². The zero-order chi connectivity index (χ0) is 22.4. The van der Waals surface area contributed by atoms with Crippen LogP contribution in [0.2, 0.25) is 0 Å². The fourth-order valence-electron chi connectivity index (χ4n) is 5.27. The van der Waals surface area contributed by atoms with Crippen LogP contribution in [0.1, 0.15) is 35.9 Å². The number of benzene rings is 2. The maximum absolute atomic E-state index is 13.5. The Kier molecular flexibility index (Phi) is 4.98. The number of amides is 1. The van der Waals surface area contributed by atoms with Crippen LogP contribution >= 0.6 is 0 Å². The van der Waals surface area contributed by atoms with Gasteiger partial charge in [-0.1, -0.05) is 18.2 Å². The Balaban J connectivity index is 1.22. The number of halogens is 1. The minimum absolute atomic E-state index is 0.133. The molecule has 4 heterocycles. The van der Waals surface area contributed by atoms with Gasteiger partial charge in [-0.15, -0.1) is 0 Å². The molecule has 33 heavy (non-hydrogen) atoms. The summed E-state index contributed by atoms with van der Waals surface area (Å²) in [6.07, 6.45) is 4.58. The number of nitrogens with zero attached hydrogens (tertiary/aromatic N) is 5. The molecule has 0 N–H and O–H groups in total. The van der Waals surface area contributed by atoms with E-state index in [9.17, 15) is 9.18 Å². The molecular weight excluding hydrogens is 425 g/mol. The molecule has 2 fully saturated rings. The number of ether oxygens (including phenoxy) is 2. The lowest BCUT2D eigenvalue weighted by atomic mass is 9.76. The maximum atomic E-state index is 13.5. The van der Waals surface area contributed by atoms with Crippen LogP contribution < -0.4 is 9.47 Å². The molecule has 0 aliphatic carbocycles. The topological polar surface area (TPSA) is 72.7 Å². The van der Waals surface area contributed by atoms with Gasteiger partial charge in [0.05, 0.1) is 0 Å². The first-order valence-electron chi connectivity index (χ1n) is 11.2. The quantitative estimate of drug-likeness (QED) is 0.610. The lowest BCUT2D eigenvalue weighted by Crippen LogP contribution is -2.56. The fourth-order valence-corrected chi connectivity index (χ4v) is 5.27. The summed E-state index contributed by atoms with van der Waals surface area (Å²) in [6.45, 7) is 2.49. The van der Waals surface area contributed by atoms with Crippen molar-refractivity contribution in [3.8, 4) is 11.5 Å². The summed E-state index contributed by atoms with van der Waals surface area (Å²) in [5.41, 5.74) is 2.30. The van der Waals surface area contributed by atoms with E-state index in [1.165, 1.54) is 35.0 Å². The number of hydrogen-bond acceptors (Lipinski definition) is 6. The van der Waals surface area contributed by atoms with Gasteiger partial charge in [0.15, 0.2) is 11.5 Å². The molecule has 0 bridgehead atoms. The highest BCUT2D eigenvalue weighted by molar-refractivity contribution is 5.75. The number of carbonyl (C=O) groups excluding carboxylic acids is 1. The number of fused-ring (bicyclic) bond motifs is 1. The molecule has 0 unspecified atom stereocenters. The maximum Gasteiger partial charge on any atom is 0.346 e. The molecule has 9 heteroatoms. The predicted molar refractivity (Wildman–Crippen MR) is 117 cm³/mol. The third kappa shape index (κ3) is 3.62. The fraction of sp³-hybridized carbons (Fsp3) is 0.375. The highest BCUT2D eigenvalue weighted by Gasteiger charge is 2.45. The number of piperidine rings is 1. The summed E-state index contributed by atoms with van der Waals surface area (Å²) in [5, 5.41) is 3.96. The van der Waals surface area contributed by atoms with Crippen molar-refractivity contribution in [2.45, 2.75) is 30.8 Å². The van der Waals surface area contributed by atoms with Crippen LogP contribution in [0, 0.1) is 5.82 Å². The molecule has 6 rings (SSSR count). The van der Waals surface area contributed by atoms with Crippen molar-refractivity contribution in [3.05, 3.63) is 72.1 Å². The van der Waals surface area contributed by atoms with E-state index in [1.54, 1.807) is 0 Å². The molecule has 1 amide bonds. The number of likely N-dealkylation sites (tertiary alicyclic amines) is 2. The van der Waals surface area contributed by atoms with Crippen LogP contribution in [0.4, 0.5) is 9.18 Å². The largest absolute Gasteiger partial charge is 0.454 e. The van der Waals surface area contributed by atoms with Gasteiger partial charge >= 0.3 is 6.03 Å². The van der Waals surface area contributed by atoms with Gasteiger partial charge in [0.2, 0.25) is 6.79 Å². The van der Waals surface area contributed by atoms with Crippen LogP contribution in [0.3, 0.4) is 0 Å². The molecule has 170 valence electrons. The molecule has 3 aromatic rings. The Morgan fingerprint density at radius 3 is 2.52 bits per heavy atom. The number of carbonyl (C=O) groups is 1. The Hall–Kier alpha value is -3.46. The molecule has 1 aromatic heterocycles. The van der Waals surface area contributed by atoms with Gasteiger partial charge < -0.3 is 14.4 Å². The third-order valence-electron chi connectivity index (χ3n) is 7.00. The zero-order valence-electron chi connectivity index (χ0n) is 18.0. The number of aromatic nitrogens is 3. The first-order chi connectivity index (χ1) is 16.2. The Labute approximate surface area is 190 Å². The average Bonchev–Trinajstić information content (AvgIpc) is 3.52. The van der Waals surface area contributed by atoms with Crippen molar-refractivity contribution in [2.75, 3.05) is 26.4 Å². The third-order valence-corrected chi connectivity index (χ3v) is 7.00. The van der Waals surface area contributed by atoms with E-state index in [0.29, 0.717) is 19.1 Å². The van der Waals surface area contributed by atoms with Crippen molar-refractivity contribution < 1.29 is 18.7 Å². The highest BCUT2D eigenvalue weighted by Crippen LogP contribution is 2.49. The lowest BCUT2D eigenvalue weighted by molar-refractivity contribution is -0.00884. The van der Waals surface area contributed by atoms with Crippen molar-refractivity contribution >= 4 is 6.03 Å². The van der Waals surface area contributed by atoms with E-state index in [0.717, 1.165) is 36.4 Å². The van der Waals surface area contributed by atoms with E-state index < -0.39 is 0 Å². The Morgan fingerprint density at radius 1 is 1.00 bits per heavy atom. The summed E-state index contributed by atoms with van der Waals surface area (Å²) in [7, 11) is 0. The zero-order valence-corrected chi connectivity index (χ0v) is 18.0. The second kappa shape index (κ2) is 8.15. The van der Waals surface area contributed by atoms with Crippen molar-refractivity contribution in [1.82, 2.24) is 24.6 Å². The van der Waals surface area contributed by atoms with Crippen LogP contribution in [-0.2, 0) is 0 Å². The van der Waals surface area contributed by atoms with Crippen molar-refractivity contribution in [1.29, 1.82) is 0 Å². The van der Waals surface area contributed by atoms with Crippen LogP contribution in [0.25, 0.3) is 0 Å². The minimum Gasteiger partial charge on any atom is -0.454 e. The van der Waals surface area contributed by atoms with E-state index in [1.807, 2.05) is 23.1 Å². The monoisotopic (exact) mass is 449 g/mol. The van der Waals surface area contributed by atoms with Gasteiger partial charge in [-0.2, -0.15) is 9.78 Å².